The number of ether oxygens (including phenoxy) is 1. The molecule has 1 amide bonds. The second-order valence-electron chi connectivity index (χ2n) is 6.66. The van der Waals surface area contributed by atoms with E-state index in [1.54, 1.807) is 19.4 Å². The van der Waals surface area contributed by atoms with Crippen molar-refractivity contribution >= 4 is 17.5 Å². The van der Waals surface area contributed by atoms with E-state index in [4.69, 9.17) is 4.74 Å². The van der Waals surface area contributed by atoms with E-state index in [1.165, 1.54) is 11.3 Å². The zero-order valence-corrected chi connectivity index (χ0v) is 16.0. The predicted octanol–water partition coefficient (Wildman–Crippen LogP) is 1.88. The molecule has 0 radical (unpaired) electrons. The number of aromatic nitrogens is 2. The van der Waals surface area contributed by atoms with Crippen molar-refractivity contribution in [3.05, 3.63) is 47.8 Å². The molecule has 7 nitrogen and oxygen atoms in total. The summed E-state index contributed by atoms with van der Waals surface area (Å²) in [5, 5.41) is 2.86. The molecule has 0 unspecified atom stereocenters. The summed E-state index contributed by atoms with van der Waals surface area (Å²) in [6.07, 6.45) is 2.43. The van der Waals surface area contributed by atoms with Gasteiger partial charge in [-0.2, -0.15) is 0 Å². The molecule has 0 spiro atoms. The maximum absolute atomic E-state index is 12.2. The Balaban J connectivity index is 1.57. The van der Waals surface area contributed by atoms with Gasteiger partial charge in [0.2, 0.25) is 5.95 Å². The molecule has 1 saturated heterocycles. The Kier molecular flexibility index (Phi) is 6.59. The molecule has 1 aliphatic heterocycles. The normalized spacial score (nSPS) is 14.3. The van der Waals surface area contributed by atoms with E-state index in [1.807, 2.05) is 0 Å². The Hall–Kier alpha value is -2.67. The molecule has 144 valence electrons. The Labute approximate surface area is 160 Å². The highest BCUT2D eigenvalue weighted by molar-refractivity contribution is 5.92. The van der Waals surface area contributed by atoms with Gasteiger partial charge in [0.05, 0.1) is 0 Å². The number of carbonyl (C=O) groups is 1. The molecule has 1 aromatic heterocycles. The monoisotopic (exact) mass is 369 g/mol. The smallest absolute Gasteiger partial charge is 0.270 e. The first-order valence-corrected chi connectivity index (χ1v) is 9.34. The minimum atomic E-state index is -0.173. The van der Waals surface area contributed by atoms with Gasteiger partial charge in [0.25, 0.3) is 5.91 Å². The van der Waals surface area contributed by atoms with E-state index in [9.17, 15) is 4.79 Å². The Morgan fingerprint density at radius 1 is 1.19 bits per heavy atom. The molecule has 2 heterocycles. The fourth-order valence-electron chi connectivity index (χ4n) is 3.13. The maximum Gasteiger partial charge on any atom is 0.270 e. The molecule has 1 fully saturated rings. The number of nitrogens with one attached hydrogen (secondary N) is 1. The molecular weight excluding hydrogens is 342 g/mol. The fraction of sp³-hybridized carbons (Fsp3) is 0.450. The average molecular weight is 369 g/mol. The molecule has 1 aliphatic rings. The van der Waals surface area contributed by atoms with Crippen LogP contribution in [0.25, 0.3) is 0 Å². The van der Waals surface area contributed by atoms with Crippen molar-refractivity contribution in [2.75, 3.05) is 56.2 Å². The number of benzene rings is 1. The summed E-state index contributed by atoms with van der Waals surface area (Å²) in [7, 11) is 1.65. The SMILES string of the molecule is COCCCNC(=O)c1ccnc(N2CCN(c3cccc(C)c3)CC2)n1. The number of aryl methyl sites for hydroxylation is 1. The molecule has 2 aromatic rings. The summed E-state index contributed by atoms with van der Waals surface area (Å²) >= 11 is 0. The van der Waals surface area contributed by atoms with Crippen molar-refractivity contribution in [3.8, 4) is 0 Å². The van der Waals surface area contributed by atoms with Crippen molar-refractivity contribution in [1.29, 1.82) is 0 Å². The summed E-state index contributed by atoms with van der Waals surface area (Å²) in [6, 6.07) is 10.2. The van der Waals surface area contributed by atoms with E-state index in [0.29, 0.717) is 24.8 Å². The van der Waals surface area contributed by atoms with E-state index < -0.39 is 0 Å². The third kappa shape index (κ3) is 5.17. The van der Waals surface area contributed by atoms with Gasteiger partial charge in [-0.15, -0.1) is 0 Å². The van der Waals surface area contributed by atoms with Gasteiger partial charge in [0.15, 0.2) is 0 Å². The lowest BCUT2D eigenvalue weighted by Crippen LogP contribution is -2.47. The summed E-state index contributed by atoms with van der Waals surface area (Å²) in [6.45, 7) is 6.77. The number of hydrogen-bond acceptors (Lipinski definition) is 6. The number of methoxy groups -OCH3 is 1. The van der Waals surface area contributed by atoms with Crippen LogP contribution in [-0.4, -0.2) is 62.3 Å². The van der Waals surface area contributed by atoms with Crippen molar-refractivity contribution in [1.82, 2.24) is 15.3 Å². The van der Waals surface area contributed by atoms with Gasteiger partial charge in [0, 0.05) is 58.3 Å². The van der Waals surface area contributed by atoms with Crippen LogP contribution in [0, 0.1) is 6.92 Å². The molecule has 0 saturated carbocycles. The first-order valence-electron chi connectivity index (χ1n) is 9.34. The van der Waals surface area contributed by atoms with Crippen molar-refractivity contribution in [2.45, 2.75) is 13.3 Å². The van der Waals surface area contributed by atoms with Crippen LogP contribution >= 0.6 is 0 Å². The first-order chi connectivity index (χ1) is 13.2. The van der Waals surface area contributed by atoms with Gasteiger partial charge >= 0.3 is 0 Å². The van der Waals surface area contributed by atoms with Gasteiger partial charge in [-0.05, 0) is 37.1 Å². The second-order valence-corrected chi connectivity index (χ2v) is 6.66. The van der Waals surface area contributed by atoms with E-state index in [0.717, 1.165) is 32.6 Å². The first kappa shape index (κ1) is 19.1. The Morgan fingerprint density at radius 2 is 1.96 bits per heavy atom. The highest BCUT2D eigenvalue weighted by Gasteiger charge is 2.20. The Morgan fingerprint density at radius 3 is 2.70 bits per heavy atom. The number of hydrogen-bond donors (Lipinski definition) is 1. The molecule has 0 bridgehead atoms. The highest BCUT2D eigenvalue weighted by atomic mass is 16.5. The van der Waals surface area contributed by atoms with Gasteiger partial charge in [-0.3, -0.25) is 4.79 Å². The zero-order chi connectivity index (χ0) is 19.1. The quantitative estimate of drug-likeness (QED) is 0.752. The van der Waals surface area contributed by atoms with Crippen molar-refractivity contribution in [2.24, 2.45) is 0 Å². The average Bonchev–Trinajstić information content (AvgIpc) is 2.71. The van der Waals surface area contributed by atoms with E-state index in [2.05, 4.69) is 56.3 Å². The van der Waals surface area contributed by atoms with Crippen LogP contribution in [0.1, 0.15) is 22.5 Å². The molecule has 0 aliphatic carbocycles. The number of anilines is 2. The summed E-state index contributed by atoms with van der Waals surface area (Å²) in [5.41, 5.74) is 2.92. The van der Waals surface area contributed by atoms with Crippen molar-refractivity contribution < 1.29 is 9.53 Å². The molecule has 1 N–H and O–H groups in total. The number of nitrogens with zero attached hydrogens (tertiary/aromatic N) is 4. The third-order valence-electron chi connectivity index (χ3n) is 4.62. The lowest BCUT2D eigenvalue weighted by molar-refractivity contribution is 0.0943. The van der Waals surface area contributed by atoms with Crippen LogP contribution in [0.4, 0.5) is 11.6 Å². The topological polar surface area (TPSA) is 70.6 Å². The third-order valence-corrected chi connectivity index (χ3v) is 4.62. The van der Waals surface area contributed by atoms with Crippen molar-refractivity contribution in [3.63, 3.8) is 0 Å². The highest BCUT2D eigenvalue weighted by Crippen LogP contribution is 2.19. The molecule has 27 heavy (non-hydrogen) atoms. The van der Waals surface area contributed by atoms with E-state index in [-0.39, 0.29) is 5.91 Å². The lowest BCUT2D eigenvalue weighted by atomic mass is 10.2. The van der Waals surface area contributed by atoms with Gasteiger partial charge in [0.1, 0.15) is 5.69 Å². The zero-order valence-electron chi connectivity index (χ0n) is 16.0. The number of carbonyl (C=O) groups excluding carboxylic acids is 1. The van der Waals surface area contributed by atoms with Gasteiger partial charge in [-0.25, -0.2) is 9.97 Å². The number of rotatable bonds is 7. The van der Waals surface area contributed by atoms with Crippen LogP contribution in [0.3, 0.4) is 0 Å². The Bertz CT molecular complexity index is 760. The fourth-order valence-corrected chi connectivity index (χ4v) is 3.13. The summed E-state index contributed by atoms with van der Waals surface area (Å²) < 4.78 is 4.99. The summed E-state index contributed by atoms with van der Waals surface area (Å²) in [5.74, 6) is 0.441. The van der Waals surface area contributed by atoms with Crippen LogP contribution in [0.2, 0.25) is 0 Å². The number of piperazine rings is 1. The molecule has 3 rings (SSSR count). The number of amides is 1. The summed E-state index contributed by atoms with van der Waals surface area (Å²) in [4.78, 5) is 25.6. The molecule has 7 heteroatoms. The van der Waals surface area contributed by atoms with Crippen LogP contribution in [-0.2, 0) is 4.74 Å². The van der Waals surface area contributed by atoms with Crippen LogP contribution in [0.15, 0.2) is 36.5 Å². The lowest BCUT2D eigenvalue weighted by Gasteiger charge is -2.36. The van der Waals surface area contributed by atoms with Crippen LogP contribution < -0.4 is 15.1 Å². The van der Waals surface area contributed by atoms with E-state index >= 15 is 0 Å². The molecule has 1 aromatic carbocycles. The minimum absolute atomic E-state index is 0.173. The van der Waals surface area contributed by atoms with Crippen LogP contribution in [0.5, 0.6) is 0 Å². The van der Waals surface area contributed by atoms with Gasteiger partial charge in [-0.1, -0.05) is 12.1 Å². The maximum atomic E-state index is 12.2. The minimum Gasteiger partial charge on any atom is -0.385 e. The second kappa shape index (κ2) is 9.32. The van der Waals surface area contributed by atoms with Gasteiger partial charge < -0.3 is 19.9 Å². The largest absolute Gasteiger partial charge is 0.385 e. The molecular formula is C20H27N5O2. The standard InChI is InChI=1S/C20H27N5O2/c1-16-5-3-6-17(15-16)24-10-12-25(13-11-24)20-22-9-7-18(23-20)19(26)21-8-4-14-27-2/h3,5-7,9,15H,4,8,10-14H2,1-2H3,(H,21,26). The molecule has 0 atom stereocenters. The predicted molar refractivity (Wildman–Crippen MR) is 106 cm³/mol.